The third kappa shape index (κ3) is 3.20. The second-order valence-corrected chi connectivity index (χ2v) is 4.40. The summed E-state index contributed by atoms with van der Waals surface area (Å²) in [6, 6.07) is -0.393. The molecule has 0 aromatic heterocycles. The van der Waals surface area contributed by atoms with Crippen molar-refractivity contribution in [2.24, 2.45) is 17.4 Å². The van der Waals surface area contributed by atoms with Gasteiger partial charge in [-0.2, -0.15) is 0 Å². The molecule has 0 bridgehead atoms. The summed E-state index contributed by atoms with van der Waals surface area (Å²) >= 11 is 0. The number of nitrogens with zero attached hydrogens (tertiary/aromatic N) is 1. The van der Waals surface area contributed by atoms with Crippen LogP contribution in [0.1, 0.15) is 32.6 Å². The molecule has 1 saturated heterocycles. The van der Waals surface area contributed by atoms with Gasteiger partial charge < -0.3 is 16.4 Å². The van der Waals surface area contributed by atoms with Gasteiger partial charge in [0.2, 0.25) is 11.8 Å². The molecule has 1 aliphatic rings. The Kier molecular flexibility index (Phi) is 4.73. The molecule has 5 heteroatoms. The number of nitrogens with two attached hydrogens (primary N) is 2. The molecule has 1 fully saturated rings. The maximum Gasteiger partial charge on any atom is 0.239 e. The van der Waals surface area contributed by atoms with E-state index in [1.54, 1.807) is 4.90 Å². The molecular weight excluding hydrogens is 206 g/mol. The van der Waals surface area contributed by atoms with Gasteiger partial charge in [-0.3, -0.25) is 9.59 Å². The zero-order valence-corrected chi connectivity index (χ0v) is 9.82. The van der Waals surface area contributed by atoms with Gasteiger partial charge in [0, 0.05) is 19.0 Å². The molecule has 1 atom stereocenters. The van der Waals surface area contributed by atoms with Crippen LogP contribution >= 0.6 is 0 Å². The van der Waals surface area contributed by atoms with Crippen LogP contribution in [0.15, 0.2) is 0 Å². The van der Waals surface area contributed by atoms with Crippen molar-refractivity contribution >= 4 is 11.8 Å². The lowest BCUT2D eigenvalue weighted by Crippen LogP contribution is -2.48. The van der Waals surface area contributed by atoms with Crippen LogP contribution in [0.3, 0.4) is 0 Å². The lowest BCUT2D eigenvalue weighted by atomic mass is 9.95. The number of piperidine rings is 1. The third-order valence-corrected chi connectivity index (χ3v) is 3.13. The van der Waals surface area contributed by atoms with Crippen molar-refractivity contribution < 1.29 is 9.59 Å². The molecule has 0 radical (unpaired) electrons. The maximum atomic E-state index is 11.8. The summed E-state index contributed by atoms with van der Waals surface area (Å²) in [5, 5.41) is 0. The normalized spacial score (nSPS) is 19.5. The highest BCUT2D eigenvalue weighted by Gasteiger charge is 2.27. The van der Waals surface area contributed by atoms with E-state index in [1.165, 1.54) is 0 Å². The summed E-state index contributed by atoms with van der Waals surface area (Å²) in [7, 11) is 0. The summed E-state index contributed by atoms with van der Waals surface area (Å²) in [6.07, 6.45) is 2.96. The Bertz CT molecular complexity index is 260. The Morgan fingerprint density at radius 1 is 1.38 bits per heavy atom. The average Bonchev–Trinajstić information content (AvgIpc) is 2.28. The highest BCUT2D eigenvalue weighted by Crippen LogP contribution is 2.17. The SMILES string of the molecule is CCCC(N)C(=O)N1CCC(C(N)=O)CC1. The van der Waals surface area contributed by atoms with E-state index in [0.717, 1.165) is 6.42 Å². The number of hydrogen-bond donors (Lipinski definition) is 2. The molecule has 0 saturated carbocycles. The average molecular weight is 227 g/mol. The van der Waals surface area contributed by atoms with Crippen LogP contribution < -0.4 is 11.5 Å². The van der Waals surface area contributed by atoms with Crippen molar-refractivity contribution in [1.82, 2.24) is 4.90 Å². The number of rotatable bonds is 4. The molecule has 1 unspecified atom stereocenters. The van der Waals surface area contributed by atoms with E-state index in [-0.39, 0.29) is 17.7 Å². The maximum absolute atomic E-state index is 11.8. The standard InChI is InChI=1S/C11H21N3O2/c1-2-3-9(12)11(16)14-6-4-8(5-7-14)10(13)15/h8-9H,2-7,12H2,1H3,(H2,13,15). The fraction of sp³-hybridized carbons (Fsp3) is 0.818. The molecule has 0 spiro atoms. The summed E-state index contributed by atoms with van der Waals surface area (Å²) < 4.78 is 0. The first-order chi connectivity index (χ1) is 7.56. The predicted molar refractivity (Wildman–Crippen MR) is 61.4 cm³/mol. The van der Waals surface area contributed by atoms with Gasteiger partial charge in [0.1, 0.15) is 0 Å². The molecule has 4 N–H and O–H groups in total. The van der Waals surface area contributed by atoms with Crippen LogP contribution in [0.25, 0.3) is 0 Å². The van der Waals surface area contributed by atoms with Gasteiger partial charge in [0.25, 0.3) is 0 Å². The highest BCUT2D eigenvalue weighted by molar-refractivity contribution is 5.82. The van der Waals surface area contributed by atoms with Gasteiger partial charge in [-0.1, -0.05) is 13.3 Å². The van der Waals surface area contributed by atoms with E-state index in [4.69, 9.17) is 11.5 Å². The number of likely N-dealkylation sites (tertiary alicyclic amines) is 1. The second kappa shape index (κ2) is 5.84. The summed E-state index contributed by atoms with van der Waals surface area (Å²) in [6.45, 7) is 3.21. The minimum atomic E-state index is -0.393. The van der Waals surface area contributed by atoms with E-state index in [1.807, 2.05) is 6.92 Å². The number of hydrogen-bond acceptors (Lipinski definition) is 3. The van der Waals surface area contributed by atoms with Gasteiger partial charge in [-0.25, -0.2) is 0 Å². The molecule has 0 aromatic rings. The van der Waals surface area contributed by atoms with Gasteiger partial charge in [-0.05, 0) is 19.3 Å². The lowest BCUT2D eigenvalue weighted by molar-refractivity contribution is -0.136. The van der Waals surface area contributed by atoms with Crippen molar-refractivity contribution in [3.63, 3.8) is 0 Å². The zero-order chi connectivity index (χ0) is 12.1. The van der Waals surface area contributed by atoms with Crippen LogP contribution in [0, 0.1) is 5.92 Å². The van der Waals surface area contributed by atoms with Crippen molar-refractivity contribution in [2.75, 3.05) is 13.1 Å². The van der Waals surface area contributed by atoms with Gasteiger partial charge in [-0.15, -0.1) is 0 Å². The lowest BCUT2D eigenvalue weighted by Gasteiger charge is -2.32. The summed E-state index contributed by atoms with van der Waals surface area (Å²) in [4.78, 5) is 24.6. The van der Waals surface area contributed by atoms with Crippen LogP contribution in [-0.2, 0) is 9.59 Å². The Morgan fingerprint density at radius 2 is 1.94 bits per heavy atom. The Morgan fingerprint density at radius 3 is 2.38 bits per heavy atom. The van der Waals surface area contributed by atoms with E-state index >= 15 is 0 Å². The first kappa shape index (κ1) is 13.0. The molecule has 1 rings (SSSR count). The first-order valence-electron chi connectivity index (χ1n) is 5.90. The van der Waals surface area contributed by atoms with Crippen LogP contribution in [0.5, 0.6) is 0 Å². The minimum Gasteiger partial charge on any atom is -0.369 e. The number of carbonyl (C=O) groups is 2. The molecule has 5 nitrogen and oxygen atoms in total. The monoisotopic (exact) mass is 227 g/mol. The van der Waals surface area contributed by atoms with E-state index < -0.39 is 6.04 Å². The van der Waals surface area contributed by atoms with Crippen LogP contribution in [0.4, 0.5) is 0 Å². The molecule has 1 aliphatic heterocycles. The van der Waals surface area contributed by atoms with Crippen LogP contribution in [0.2, 0.25) is 0 Å². The molecule has 92 valence electrons. The van der Waals surface area contributed by atoms with Crippen molar-refractivity contribution in [3.8, 4) is 0 Å². The van der Waals surface area contributed by atoms with Crippen molar-refractivity contribution in [1.29, 1.82) is 0 Å². The second-order valence-electron chi connectivity index (χ2n) is 4.40. The number of primary amides is 1. The Balaban J connectivity index is 2.41. The van der Waals surface area contributed by atoms with E-state index in [9.17, 15) is 9.59 Å². The van der Waals surface area contributed by atoms with Gasteiger partial charge in [0.05, 0.1) is 6.04 Å². The molecule has 2 amide bonds. The summed E-state index contributed by atoms with van der Waals surface area (Å²) in [5.41, 5.74) is 11.0. The largest absolute Gasteiger partial charge is 0.369 e. The molecule has 1 heterocycles. The van der Waals surface area contributed by atoms with Crippen molar-refractivity contribution in [2.45, 2.75) is 38.6 Å². The van der Waals surface area contributed by atoms with Crippen LogP contribution in [-0.4, -0.2) is 35.8 Å². The highest BCUT2D eigenvalue weighted by atomic mass is 16.2. The van der Waals surface area contributed by atoms with Crippen molar-refractivity contribution in [3.05, 3.63) is 0 Å². The van der Waals surface area contributed by atoms with Gasteiger partial charge in [0.15, 0.2) is 0 Å². The predicted octanol–water partition coefficient (Wildman–Crippen LogP) is -0.162. The molecule has 0 aliphatic carbocycles. The van der Waals surface area contributed by atoms with Gasteiger partial charge >= 0.3 is 0 Å². The van der Waals surface area contributed by atoms with E-state index in [0.29, 0.717) is 32.4 Å². The third-order valence-electron chi connectivity index (χ3n) is 3.13. The summed E-state index contributed by atoms with van der Waals surface area (Å²) in [5.74, 6) is -0.332. The molecular formula is C11H21N3O2. The molecule has 0 aromatic carbocycles. The topological polar surface area (TPSA) is 89.4 Å². The van der Waals surface area contributed by atoms with E-state index in [2.05, 4.69) is 0 Å². The number of amides is 2. The minimum absolute atomic E-state index is 0.00442. The Labute approximate surface area is 96.1 Å². The number of carbonyl (C=O) groups excluding carboxylic acids is 2. The fourth-order valence-corrected chi connectivity index (χ4v) is 2.05. The zero-order valence-electron chi connectivity index (χ0n) is 9.82. The smallest absolute Gasteiger partial charge is 0.239 e. The first-order valence-corrected chi connectivity index (χ1v) is 5.90. The molecule has 16 heavy (non-hydrogen) atoms. The quantitative estimate of drug-likeness (QED) is 0.699. The Hall–Kier alpha value is -1.10. The fourth-order valence-electron chi connectivity index (χ4n) is 2.05.